The summed E-state index contributed by atoms with van der Waals surface area (Å²) in [6.07, 6.45) is 3.92. The van der Waals surface area contributed by atoms with Crippen LogP contribution in [-0.2, 0) is 0 Å². The molecule has 0 radical (unpaired) electrons. The lowest BCUT2D eigenvalue weighted by Crippen LogP contribution is -2.27. The number of thiophene rings is 1. The molecule has 8 nitrogen and oxygen atoms in total. The molecule has 6 heterocycles. The zero-order valence-electron chi connectivity index (χ0n) is 17.5. The van der Waals surface area contributed by atoms with Gasteiger partial charge in [0.15, 0.2) is 22.9 Å². The van der Waals surface area contributed by atoms with E-state index in [-0.39, 0.29) is 5.78 Å². The SMILES string of the molecule is CC(=O)c1ccc(-c2ccnc3nc(-c4n[nH]c5ccc(C6CCNCC6)nc45)[nH]c23)s1. The average molecular weight is 444 g/mol. The van der Waals surface area contributed by atoms with Crippen LogP contribution in [0.25, 0.3) is 44.2 Å². The minimum Gasteiger partial charge on any atom is -0.335 e. The molecule has 5 aromatic heterocycles. The number of carbonyl (C=O) groups is 1. The fraction of sp³-hybridized carbons (Fsp3) is 0.261. The molecular formula is C23H21N7OS. The lowest BCUT2D eigenvalue weighted by molar-refractivity contribution is 0.102. The van der Waals surface area contributed by atoms with Gasteiger partial charge in [0, 0.05) is 28.2 Å². The highest BCUT2D eigenvalue weighted by molar-refractivity contribution is 7.17. The maximum Gasteiger partial charge on any atom is 0.178 e. The summed E-state index contributed by atoms with van der Waals surface area (Å²) in [4.78, 5) is 31.0. The number of rotatable bonds is 4. The highest BCUT2D eigenvalue weighted by atomic mass is 32.1. The van der Waals surface area contributed by atoms with Gasteiger partial charge >= 0.3 is 0 Å². The van der Waals surface area contributed by atoms with Crippen molar-refractivity contribution in [2.24, 2.45) is 0 Å². The number of pyridine rings is 2. The molecule has 3 N–H and O–H groups in total. The second-order valence-electron chi connectivity index (χ2n) is 8.09. The number of hydrogen-bond acceptors (Lipinski definition) is 7. The summed E-state index contributed by atoms with van der Waals surface area (Å²) in [5.41, 5.74) is 5.90. The van der Waals surface area contributed by atoms with Gasteiger partial charge in [-0.3, -0.25) is 9.89 Å². The Kier molecular flexibility index (Phi) is 4.58. The highest BCUT2D eigenvalue weighted by Gasteiger charge is 2.21. The maximum absolute atomic E-state index is 11.7. The molecule has 0 aliphatic carbocycles. The predicted octanol–water partition coefficient (Wildman–Crippen LogP) is 4.29. The number of ketones is 1. The average Bonchev–Trinajstić information content (AvgIpc) is 3.56. The van der Waals surface area contributed by atoms with Crippen LogP contribution in [0.4, 0.5) is 0 Å². The molecule has 1 fully saturated rings. The topological polar surface area (TPSA) is 112 Å². The number of fused-ring (bicyclic) bond motifs is 2. The van der Waals surface area contributed by atoms with E-state index in [1.807, 2.05) is 18.2 Å². The molecule has 160 valence electrons. The summed E-state index contributed by atoms with van der Waals surface area (Å²) >= 11 is 1.47. The van der Waals surface area contributed by atoms with E-state index in [0.29, 0.717) is 23.1 Å². The van der Waals surface area contributed by atoms with Crippen molar-refractivity contribution in [2.75, 3.05) is 13.1 Å². The van der Waals surface area contributed by atoms with Crippen LogP contribution in [0.1, 0.15) is 41.0 Å². The van der Waals surface area contributed by atoms with Crippen molar-refractivity contribution in [3.63, 3.8) is 0 Å². The van der Waals surface area contributed by atoms with Crippen LogP contribution < -0.4 is 5.32 Å². The van der Waals surface area contributed by atoms with Gasteiger partial charge in [-0.25, -0.2) is 15.0 Å². The summed E-state index contributed by atoms with van der Waals surface area (Å²) in [5, 5.41) is 11.0. The Labute approximate surface area is 187 Å². The Morgan fingerprint density at radius 1 is 1.09 bits per heavy atom. The molecule has 0 atom stereocenters. The number of piperidine rings is 1. The number of nitrogens with one attached hydrogen (secondary N) is 3. The van der Waals surface area contributed by atoms with Crippen molar-refractivity contribution in [1.29, 1.82) is 0 Å². The molecule has 0 saturated carbocycles. The second kappa shape index (κ2) is 7.61. The predicted molar refractivity (Wildman–Crippen MR) is 125 cm³/mol. The van der Waals surface area contributed by atoms with Crippen LogP contribution in [-0.4, -0.2) is 49.0 Å². The minimum atomic E-state index is 0.0652. The third-order valence-electron chi connectivity index (χ3n) is 6.02. The lowest BCUT2D eigenvalue weighted by atomic mass is 9.94. The van der Waals surface area contributed by atoms with Gasteiger partial charge in [-0.15, -0.1) is 11.3 Å². The molecule has 9 heteroatoms. The van der Waals surface area contributed by atoms with Crippen LogP contribution >= 0.6 is 11.3 Å². The summed E-state index contributed by atoms with van der Waals surface area (Å²) in [6, 6.07) is 9.92. The quantitative estimate of drug-likeness (QED) is 0.357. The van der Waals surface area contributed by atoms with Gasteiger partial charge in [0.25, 0.3) is 0 Å². The highest BCUT2D eigenvalue weighted by Crippen LogP contribution is 2.34. The first-order chi connectivity index (χ1) is 15.7. The van der Waals surface area contributed by atoms with Crippen LogP contribution in [0.2, 0.25) is 0 Å². The molecule has 1 aliphatic heterocycles. The number of H-pyrrole nitrogens is 2. The maximum atomic E-state index is 11.7. The molecule has 0 unspecified atom stereocenters. The zero-order chi connectivity index (χ0) is 21.7. The standard InChI is InChI=1S/C23H21N7OS/c1-12(31)17-4-5-18(32-17)14-8-11-25-22-19(14)27-23(28-22)21-20-16(29-30-21)3-2-15(26-20)13-6-9-24-10-7-13/h2-5,8,11,13,24H,6-7,9-10H2,1H3,(H,29,30)(H,25,27,28). The number of Topliss-reactive ketones (excluding diaryl/α,β-unsaturated/α-hetero) is 1. The molecule has 6 rings (SSSR count). The zero-order valence-corrected chi connectivity index (χ0v) is 18.3. The van der Waals surface area contributed by atoms with E-state index >= 15 is 0 Å². The molecule has 5 aromatic rings. The first kappa shape index (κ1) is 19.3. The Balaban J connectivity index is 1.44. The smallest absolute Gasteiger partial charge is 0.178 e. The van der Waals surface area contributed by atoms with Crippen LogP contribution in [0.3, 0.4) is 0 Å². The van der Waals surface area contributed by atoms with Gasteiger partial charge in [0.05, 0.1) is 15.9 Å². The largest absolute Gasteiger partial charge is 0.335 e. The molecule has 1 aliphatic rings. The van der Waals surface area contributed by atoms with Crippen LogP contribution in [0, 0.1) is 0 Å². The van der Waals surface area contributed by atoms with Gasteiger partial charge in [0.2, 0.25) is 0 Å². The third kappa shape index (κ3) is 3.21. The first-order valence-corrected chi connectivity index (χ1v) is 11.5. The monoisotopic (exact) mass is 443 g/mol. The van der Waals surface area contributed by atoms with Crippen molar-refractivity contribution in [3.8, 4) is 22.0 Å². The van der Waals surface area contributed by atoms with Crippen molar-refractivity contribution in [2.45, 2.75) is 25.7 Å². The number of hydrogen-bond donors (Lipinski definition) is 3. The fourth-order valence-electron chi connectivity index (χ4n) is 4.32. The van der Waals surface area contributed by atoms with Gasteiger partial charge < -0.3 is 10.3 Å². The Morgan fingerprint density at radius 2 is 1.97 bits per heavy atom. The molecular weight excluding hydrogens is 422 g/mol. The minimum absolute atomic E-state index is 0.0652. The van der Waals surface area contributed by atoms with E-state index in [0.717, 1.165) is 63.5 Å². The number of imidazole rings is 1. The Hall–Kier alpha value is -3.43. The van der Waals surface area contributed by atoms with Gasteiger partial charge in [0.1, 0.15) is 5.52 Å². The molecule has 1 saturated heterocycles. The van der Waals surface area contributed by atoms with Crippen molar-refractivity contribution >= 4 is 39.3 Å². The van der Waals surface area contributed by atoms with Gasteiger partial charge in [-0.1, -0.05) is 0 Å². The van der Waals surface area contributed by atoms with Crippen molar-refractivity contribution in [3.05, 3.63) is 47.1 Å². The molecule has 0 aromatic carbocycles. The lowest BCUT2D eigenvalue weighted by Gasteiger charge is -2.22. The van der Waals surface area contributed by atoms with Crippen molar-refractivity contribution < 1.29 is 4.79 Å². The normalized spacial score (nSPS) is 15.0. The molecule has 0 bridgehead atoms. The summed E-state index contributed by atoms with van der Waals surface area (Å²) in [6.45, 7) is 3.63. The van der Waals surface area contributed by atoms with Crippen LogP contribution in [0.5, 0.6) is 0 Å². The molecule has 0 spiro atoms. The number of nitrogens with zero attached hydrogens (tertiary/aromatic N) is 4. The fourth-order valence-corrected chi connectivity index (χ4v) is 5.26. The Bertz CT molecular complexity index is 1460. The first-order valence-electron chi connectivity index (χ1n) is 10.7. The third-order valence-corrected chi connectivity index (χ3v) is 7.24. The van der Waals surface area contributed by atoms with Crippen molar-refractivity contribution in [1.82, 2.24) is 35.5 Å². The van der Waals surface area contributed by atoms with E-state index < -0.39 is 0 Å². The van der Waals surface area contributed by atoms with E-state index in [1.165, 1.54) is 11.3 Å². The summed E-state index contributed by atoms with van der Waals surface area (Å²) in [5.74, 6) is 1.15. The number of aromatic amines is 2. The molecule has 0 amide bonds. The molecule has 32 heavy (non-hydrogen) atoms. The number of aromatic nitrogens is 6. The number of carbonyl (C=O) groups excluding carboxylic acids is 1. The Morgan fingerprint density at radius 3 is 2.78 bits per heavy atom. The van der Waals surface area contributed by atoms with Gasteiger partial charge in [-0.2, -0.15) is 5.10 Å². The summed E-state index contributed by atoms with van der Waals surface area (Å²) in [7, 11) is 0. The van der Waals surface area contributed by atoms with Gasteiger partial charge in [-0.05, 0) is 63.2 Å². The van der Waals surface area contributed by atoms with E-state index in [4.69, 9.17) is 9.97 Å². The summed E-state index contributed by atoms with van der Waals surface area (Å²) < 4.78 is 0. The van der Waals surface area contributed by atoms with E-state index in [9.17, 15) is 4.79 Å². The second-order valence-corrected chi connectivity index (χ2v) is 9.18. The van der Waals surface area contributed by atoms with Crippen LogP contribution in [0.15, 0.2) is 36.5 Å². The van der Waals surface area contributed by atoms with E-state index in [1.54, 1.807) is 13.1 Å². The van der Waals surface area contributed by atoms with E-state index in [2.05, 4.69) is 37.6 Å².